The standard InChI is InChI=1S/C19H14F2N2O3S/c20-19(21)27-15-9-7-14(8-10-15)22-17(24)12-3-5-13(6-4-12)23-18(25)16-2-1-11-26-16/h1-11,19H,(H,22,24)(H,23,25). The van der Waals surface area contributed by atoms with Gasteiger partial charge in [-0.15, -0.1) is 0 Å². The average molecular weight is 388 g/mol. The van der Waals surface area contributed by atoms with Gasteiger partial charge < -0.3 is 15.1 Å². The van der Waals surface area contributed by atoms with Crippen LogP contribution >= 0.6 is 11.8 Å². The monoisotopic (exact) mass is 388 g/mol. The van der Waals surface area contributed by atoms with Gasteiger partial charge in [-0.25, -0.2) is 0 Å². The van der Waals surface area contributed by atoms with Gasteiger partial charge in [0.05, 0.1) is 6.26 Å². The van der Waals surface area contributed by atoms with Crippen molar-refractivity contribution in [2.75, 3.05) is 10.6 Å². The number of benzene rings is 2. The Morgan fingerprint density at radius 2 is 1.44 bits per heavy atom. The number of thioether (sulfide) groups is 1. The minimum atomic E-state index is -2.49. The molecule has 27 heavy (non-hydrogen) atoms. The second kappa shape index (κ2) is 8.50. The molecule has 0 unspecified atom stereocenters. The quantitative estimate of drug-likeness (QED) is 0.577. The molecule has 0 aliphatic rings. The topological polar surface area (TPSA) is 71.3 Å². The molecule has 2 aromatic carbocycles. The fourth-order valence-corrected chi connectivity index (χ4v) is 2.73. The van der Waals surface area contributed by atoms with Gasteiger partial charge in [-0.2, -0.15) is 8.78 Å². The summed E-state index contributed by atoms with van der Waals surface area (Å²) in [7, 11) is 0. The Morgan fingerprint density at radius 1 is 0.852 bits per heavy atom. The van der Waals surface area contributed by atoms with E-state index >= 15 is 0 Å². The summed E-state index contributed by atoms with van der Waals surface area (Å²) in [6.45, 7) is 0. The lowest BCUT2D eigenvalue weighted by atomic mass is 10.2. The predicted molar refractivity (Wildman–Crippen MR) is 99.4 cm³/mol. The summed E-state index contributed by atoms with van der Waals surface area (Å²) in [5.74, 6) is -3.05. The summed E-state index contributed by atoms with van der Waals surface area (Å²) in [5.41, 5.74) is 1.40. The molecule has 8 heteroatoms. The van der Waals surface area contributed by atoms with Crippen LogP contribution in [0.5, 0.6) is 0 Å². The van der Waals surface area contributed by atoms with E-state index in [-0.39, 0.29) is 17.6 Å². The van der Waals surface area contributed by atoms with Crippen LogP contribution in [0.2, 0.25) is 0 Å². The van der Waals surface area contributed by atoms with Crippen molar-refractivity contribution < 1.29 is 22.8 Å². The van der Waals surface area contributed by atoms with Crippen molar-refractivity contribution in [1.29, 1.82) is 0 Å². The summed E-state index contributed by atoms with van der Waals surface area (Å²) < 4.78 is 29.6. The van der Waals surface area contributed by atoms with E-state index in [0.717, 1.165) is 0 Å². The normalized spacial score (nSPS) is 10.6. The number of alkyl halides is 2. The summed E-state index contributed by atoms with van der Waals surface area (Å²) in [5, 5.41) is 5.34. The average Bonchev–Trinajstić information content (AvgIpc) is 3.18. The van der Waals surface area contributed by atoms with Gasteiger partial charge >= 0.3 is 0 Å². The summed E-state index contributed by atoms with van der Waals surface area (Å²) in [6, 6.07) is 15.6. The van der Waals surface area contributed by atoms with Crippen molar-refractivity contribution in [2.45, 2.75) is 10.7 Å². The van der Waals surface area contributed by atoms with Gasteiger partial charge in [-0.1, -0.05) is 11.8 Å². The minimum absolute atomic E-state index is 0.185. The van der Waals surface area contributed by atoms with Gasteiger partial charge in [-0.3, -0.25) is 9.59 Å². The first-order chi connectivity index (χ1) is 13.0. The van der Waals surface area contributed by atoms with E-state index in [1.54, 1.807) is 48.5 Å². The van der Waals surface area contributed by atoms with Gasteiger partial charge in [0.2, 0.25) is 0 Å². The maximum atomic E-state index is 12.3. The van der Waals surface area contributed by atoms with Crippen LogP contribution in [-0.4, -0.2) is 17.6 Å². The highest BCUT2D eigenvalue weighted by Gasteiger charge is 2.11. The molecule has 0 bridgehead atoms. The number of hydrogen-bond donors (Lipinski definition) is 2. The maximum Gasteiger partial charge on any atom is 0.291 e. The van der Waals surface area contributed by atoms with Crippen LogP contribution in [0.4, 0.5) is 20.2 Å². The first-order valence-electron chi connectivity index (χ1n) is 7.82. The number of anilines is 2. The number of nitrogens with one attached hydrogen (secondary N) is 2. The third kappa shape index (κ3) is 5.18. The van der Waals surface area contributed by atoms with Crippen molar-refractivity contribution in [3.05, 3.63) is 78.3 Å². The third-order valence-electron chi connectivity index (χ3n) is 3.49. The molecule has 0 saturated heterocycles. The van der Waals surface area contributed by atoms with Crippen LogP contribution in [-0.2, 0) is 0 Å². The number of rotatable bonds is 6. The van der Waals surface area contributed by atoms with E-state index in [0.29, 0.717) is 33.6 Å². The molecule has 0 saturated carbocycles. The zero-order valence-electron chi connectivity index (χ0n) is 13.8. The number of amides is 2. The van der Waals surface area contributed by atoms with E-state index in [4.69, 9.17) is 4.42 Å². The Bertz CT molecular complexity index is 911. The SMILES string of the molecule is O=C(Nc1ccc(SC(F)F)cc1)c1ccc(NC(=O)c2ccco2)cc1. The van der Waals surface area contributed by atoms with Gasteiger partial charge in [0.15, 0.2) is 5.76 Å². The molecule has 0 radical (unpaired) electrons. The molecule has 0 aliphatic heterocycles. The lowest BCUT2D eigenvalue weighted by Gasteiger charge is -2.08. The zero-order chi connectivity index (χ0) is 19.2. The van der Waals surface area contributed by atoms with E-state index < -0.39 is 5.76 Å². The molecule has 1 heterocycles. The number of furan rings is 1. The minimum Gasteiger partial charge on any atom is -0.459 e. The van der Waals surface area contributed by atoms with Crippen molar-refractivity contribution in [1.82, 2.24) is 0 Å². The van der Waals surface area contributed by atoms with Crippen LogP contribution in [0, 0.1) is 0 Å². The third-order valence-corrected chi connectivity index (χ3v) is 4.21. The van der Waals surface area contributed by atoms with Crippen LogP contribution < -0.4 is 10.6 Å². The van der Waals surface area contributed by atoms with E-state index in [1.807, 2.05) is 0 Å². The Morgan fingerprint density at radius 3 is 2.00 bits per heavy atom. The molecule has 0 atom stereocenters. The van der Waals surface area contributed by atoms with Crippen molar-refractivity contribution in [2.24, 2.45) is 0 Å². The van der Waals surface area contributed by atoms with Gasteiger partial charge in [-0.05, 0) is 60.7 Å². The summed E-state index contributed by atoms with van der Waals surface area (Å²) in [4.78, 5) is 24.6. The lowest BCUT2D eigenvalue weighted by molar-refractivity contribution is 0.0995. The molecule has 2 N–H and O–H groups in total. The maximum absolute atomic E-state index is 12.3. The second-order valence-corrected chi connectivity index (χ2v) is 6.43. The summed E-state index contributed by atoms with van der Waals surface area (Å²) >= 11 is 0.441. The molecular weight excluding hydrogens is 374 g/mol. The molecular formula is C19H14F2N2O3S. The molecule has 0 spiro atoms. The Kier molecular flexibility index (Phi) is 5.87. The van der Waals surface area contributed by atoms with Gasteiger partial charge in [0, 0.05) is 21.8 Å². The first-order valence-corrected chi connectivity index (χ1v) is 8.70. The fourth-order valence-electron chi connectivity index (χ4n) is 2.23. The highest BCUT2D eigenvalue weighted by molar-refractivity contribution is 7.99. The highest BCUT2D eigenvalue weighted by atomic mass is 32.2. The number of halogens is 2. The van der Waals surface area contributed by atoms with Crippen LogP contribution in [0.1, 0.15) is 20.9 Å². The smallest absolute Gasteiger partial charge is 0.291 e. The highest BCUT2D eigenvalue weighted by Crippen LogP contribution is 2.26. The number of carbonyl (C=O) groups is 2. The first kappa shape index (κ1) is 18.7. The van der Waals surface area contributed by atoms with Gasteiger partial charge in [0.25, 0.3) is 17.6 Å². The van der Waals surface area contributed by atoms with E-state index in [9.17, 15) is 18.4 Å². The molecule has 1 aromatic heterocycles. The van der Waals surface area contributed by atoms with Gasteiger partial charge in [0.1, 0.15) is 0 Å². The van der Waals surface area contributed by atoms with Crippen molar-refractivity contribution >= 4 is 35.0 Å². The van der Waals surface area contributed by atoms with E-state index in [1.165, 1.54) is 18.4 Å². The van der Waals surface area contributed by atoms with Crippen LogP contribution in [0.15, 0.2) is 76.2 Å². The Labute approximate surface area is 157 Å². The zero-order valence-corrected chi connectivity index (χ0v) is 14.6. The van der Waals surface area contributed by atoms with Crippen molar-refractivity contribution in [3.8, 4) is 0 Å². The number of hydrogen-bond acceptors (Lipinski definition) is 4. The molecule has 5 nitrogen and oxygen atoms in total. The molecule has 0 fully saturated rings. The Hall–Kier alpha value is -3.13. The van der Waals surface area contributed by atoms with Crippen LogP contribution in [0.25, 0.3) is 0 Å². The molecule has 3 rings (SSSR count). The Balaban J connectivity index is 1.59. The summed E-state index contributed by atoms with van der Waals surface area (Å²) in [6.07, 6.45) is 1.40. The predicted octanol–water partition coefficient (Wildman–Crippen LogP) is 5.10. The number of carbonyl (C=O) groups excluding carboxylic acids is 2. The second-order valence-electron chi connectivity index (χ2n) is 5.37. The van der Waals surface area contributed by atoms with Crippen LogP contribution in [0.3, 0.4) is 0 Å². The molecule has 3 aromatic rings. The lowest BCUT2D eigenvalue weighted by Crippen LogP contribution is -2.13. The molecule has 2 amide bonds. The van der Waals surface area contributed by atoms with E-state index in [2.05, 4.69) is 10.6 Å². The molecule has 138 valence electrons. The largest absolute Gasteiger partial charge is 0.459 e. The molecule has 0 aliphatic carbocycles. The fraction of sp³-hybridized carbons (Fsp3) is 0.0526. The van der Waals surface area contributed by atoms with Crippen molar-refractivity contribution in [3.63, 3.8) is 0 Å².